The largest absolute Gasteiger partial charge is 0.304 e. The molecule has 0 saturated carbocycles. The Morgan fingerprint density at radius 3 is 2.47 bits per heavy atom. The van der Waals surface area contributed by atoms with Gasteiger partial charge >= 0.3 is 0 Å². The third kappa shape index (κ3) is 6.63. The number of hydrogen-bond donors (Lipinski definition) is 1. The first kappa shape index (κ1) is 23.9. The summed E-state index contributed by atoms with van der Waals surface area (Å²) < 4.78 is 0. The normalized spacial score (nSPS) is 15.2. The molecule has 1 saturated heterocycles. The Labute approximate surface area is 194 Å². The molecule has 0 bridgehead atoms. The molecule has 0 atom stereocenters. The molecule has 170 valence electrons. The van der Waals surface area contributed by atoms with Gasteiger partial charge in [0.2, 0.25) is 5.82 Å². The maximum absolute atomic E-state index is 13.0. The zero-order valence-corrected chi connectivity index (χ0v) is 19.9. The zero-order chi connectivity index (χ0) is 23.3. The van der Waals surface area contributed by atoms with Gasteiger partial charge in [0.05, 0.1) is 6.20 Å². The fraction of sp³-hybridized carbons (Fsp3) is 0.478. The molecule has 32 heavy (non-hydrogen) atoms. The third-order valence-corrected chi connectivity index (χ3v) is 5.44. The van der Waals surface area contributed by atoms with Crippen molar-refractivity contribution in [3.05, 3.63) is 52.4 Å². The smallest absolute Gasteiger partial charge is 0.269 e. The van der Waals surface area contributed by atoms with E-state index in [1.54, 1.807) is 5.01 Å². The van der Waals surface area contributed by atoms with Crippen LogP contribution in [0.2, 0.25) is 5.02 Å². The van der Waals surface area contributed by atoms with E-state index >= 15 is 0 Å². The molecular weight excluding hydrogens is 426 g/mol. The van der Waals surface area contributed by atoms with E-state index in [9.17, 15) is 4.79 Å². The van der Waals surface area contributed by atoms with Crippen LogP contribution in [-0.2, 0) is 6.54 Å². The molecule has 1 amide bonds. The molecule has 0 unspecified atom stereocenters. The van der Waals surface area contributed by atoms with Crippen LogP contribution < -0.4 is 10.4 Å². The van der Waals surface area contributed by atoms with Crippen molar-refractivity contribution in [2.24, 2.45) is 5.41 Å². The van der Waals surface area contributed by atoms with E-state index in [1.807, 2.05) is 51.1 Å². The fourth-order valence-corrected chi connectivity index (χ4v) is 3.65. The fourth-order valence-electron chi connectivity index (χ4n) is 3.46. The van der Waals surface area contributed by atoms with Crippen molar-refractivity contribution in [1.29, 1.82) is 5.26 Å². The SMILES string of the molecule is CN1CCN(Cc2ccc(C(=O)NN(CC(C)(C)C)c3nc(C#N)ncc3Cl)cc2)CC1. The molecule has 2 heterocycles. The van der Waals surface area contributed by atoms with Gasteiger partial charge < -0.3 is 4.90 Å². The summed E-state index contributed by atoms with van der Waals surface area (Å²) in [5.41, 5.74) is 4.45. The Morgan fingerprint density at radius 1 is 1.22 bits per heavy atom. The first-order chi connectivity index (χ1) is 15.1. The Kier molecular flexibility index (Phi) is 7.67. The topological polar surface area (TPSA) is 88.4 Å². The Morgan fingerprint density at radius 2 is 1.88 bits per heavy atom. The van der Waals surface area contributed by atoms with Gasteiger partial charge in [0.25, 0.3) is 5.91 Å². The summed E-state index contributed by atoms with van der Waals surface area (Å²) in [5.74, 6) is 0.0209. The van der Waals surface area contributed by atoms with Gasteiger partial charge in [0, 0.05) is 44.8 Å². The van der Waals surface area contributed by atoms with E-state index in [0.29, 0.717) is 17.9 Å². The van der Waals surface area contributed by atoms with E-state index in [4.69, 9.17) is 16.9 Å². The van der Waals surface area contributed by atoms with Crippen LogP contribution in [0.4, 0.5) is 5.82 Å². The minimum atomic E-state index is -0.270. The van der Waals surface area contributed by atoms with Crippen LogP contribution in [0.25, 0.3) is 0 Å². The summed E-state index contributed by atoms with van der Waals surface area (Å²) in [5, 5.41) is 11.0. The molecular formula is C23H30ClN7O. The maximum atomic E-state index is 13.0. The molecule has 1 aliphatic heterocycles. The quantitative estimate of drug-likeness (QED) is 0.670. The predicted molar refractivity (Wildman–Crippen MR) is 125 cm³/mol. The van der Waals surface area contributed by atoms with Gasteiger partial charge in [-0.1, -0.05) is 44.5 Å². The molecule has 0 radical (unpaired) electrons. The van der Waals surface area contributed by atoms with E-state index in [2.05, 4.69) is 32.2 Å². The number of hydrazine groups is 1. The summed E-state index contributed by atoms with van der Waals surface area (Å²) >= 11 is 6.29. The van der Waals surface area contributed by atoms with Crippen molar-refractivity contribution < 1.29 is 4.79 Å². The van der Waals surface area contributed by atoms with Crippen LogP contribution in [0.5, 0.6) is 0 Å². The number of piperazine rings is 1. The van der Waals surface area contributed by atoms with Crippen molar-refractivity contribution in [3.63, 3.8) is 0 Å². The van der Waals surface area contributed by atoms with Crippen molar-refractivity contribution in [3.8, 4) is 6.07 Å². The number of halogens is 1. The van der Waals surface area contributed by atoms with Crippen molar-refractivity contribution >= 4 is 23.3 Å². The summed E-state index contributed by atoms with van der Waals surface area (Å²) in [4.78, 5) is 25.8. The number of nitriles is 1. The van der Waals surface area contributed by atoms with Gasteiger partial charge in [-0.2, -0.15) is 10.2 Å². The van der Waals surface area contributed by atoms with E-state index in [1.165, 1.54) is 11.8 Å². The second kappa shape index (κ2) is 10.3. The molecule has 1 N–H and O–H groups in total. The van der Waals surface area contributed by atoms with Gasteiger partial charge in [-0.25, -0.2) is 4.98 Å². The number of rotatable bonds is 6. The monoisotopic (exact) mass is 455 g/mol. The van der Waals surface area contributed by atoms with E-state index in [-0.39, 0.29) is 22.2 Å². The molecule has 8 nitrogen and oxygen atoms in total. The van der Waals surface area contributed by atoms with Gasteiger partial charge in [-0.3, -0.25) is 20.1 Å². The Bertz CT molecular complexity index is 973. The van der Waals surface area contributed by atoms with Crippen LogP contribution in [0.3, 0.4) is 0 Å². The Hall–Kier alpha value is -2.73. The predicted octanol–water partition coefficient (Wildman–Crippen LogP) is 2.95. The number of nitrogens with zero attached hydrogens (tertiary/aromatic N) is 6. The molecule has 3 rings (SSSR count). The van der Waals surface area contributed by atoms with Crippen molar-refractivity contribution in [2.75, 3.05) is 44.8 Å². The van der Waals surface area contributed by atoms with Crippen LogP contribution in [0, 0.1) is 16.7 Å². The van der Waals surface area contributed by atoms with E-state index in [0.717, 1.165) is 32.7 Å². The van der Waals surface area contributed by atoms with Crippen LogP contribution in [0.15, 0.2) is 30.5 Å². The number of amides is 1. The summed E-state index contributed by atoms with van der Waals surface area (Å²) in [6, 6.07) is 9.56. The number of likely N-dealkylation sites (N-methyl/N-ethyl adjacent to an activating group) is 1. The average Bonchev–Trinajstić information content (AvgIpc) is 2.75. The maximum Gasteiger partial charge on any atom is 0.269 e. The van der Waals surface area contributed by atoms with E-state index < -0.39 is 0 Å². The lowest BCUT2D eigenvalue weighted by Gasteiger charge is -2.32. The van der Waals surface area contributed by atoms with Gasteiger partial charge in [-0.15, -0.1) is 0 Å². The second-order valence-electron chi connectivity index (χ2n) is 9.34. The highest BCUT2D eigenvalue weighted by atomic mass is 35.5. The number of carbonyl (C=O) groups excluding carboxylic acids is 1. The molecule has 9 heteroatoms. The molecule has 0 spiro atoms. The van der Waals surface area contributed by atoms with Crippen LogP contribution >= 0.6 is 11.6 Å². The highest BCUT2D eigenvalue weighted by molar-refractivity contribution is 6.32. The first-order valence-electron chi connectivity index (χ1n) is 10.7. The molecule has 1 aromatic heterocycles. The third-order valence-electron chi connectivity index (χ3n) is 5.17. The van der Waals surface area contributed by atoms with Crippen molar-refractivity contribution in [1.82, 2.24) is 25.2 Å². The van der Waals surface area contributed by atoms with Crippen molar-refractivity contribution in [2.45, 2.75) is 27.3 Å². The average molecular weight is 456 g/mol. The minimum absolute atomic E-state index is 0.00850. The molecule has 1 aliphatic rings. The lowest BCUT2D eigenvalue weighted by Crippen LogP contribution is -2.47. The van der Waals surface area contributed by atoms with Gasteiger partial charge in [0.15, 0.2) is 5.82 Å². The number of aromatic nitrogens is 2. The zero-order valence-electron chi connectivity index (χ0n) is 19.1. The highest BCUT2D eigenvalue weighted by Gasteiger charge is 2.23. The number of hydrogen-bond acceptors (Lipinski definition) is 7. The molecule has 1 fully saturated rings. The molecule has 2 aromatic rings. The number of carbonyl (C=O) groups is 1. The highest BCUT2D eigenvalue weighted by Crippen LogP contribution is 2.25. The molecule has 0 aliphatic carbocycles. The van der Waals surface area contributed by atoms with Gasteiger partial charge in [0.1, 0.15) is 11.1 Å². The second-order valence-corrected chi connectivity index (χ2v) is 9.75. The Balaban J connectivity index is 1.72. The number of nitrogens with one attached hydrogen (secondary N) is 1. The lowest BCUT2D eigenvalue weighted by molar-refractivity contribution is 0.0945. The number of benzene rings is 1. The van der Waals surface area contributed by atoms with Crippen LogP contribution in [-0.4, -0.2) is 65.4 Å². The molecule has 1 aromatic carbocycles. The minimum Gasteiger partial charge on any atom is -0.304 e. The summed E-state index contributed by atoms with van der Waals surface area (Å²) in [6.07, 6.45) is 1.37. The lowest BCUT2D eigenvalue weighted by atomic mass is 9.97. The summed E-state index contributed by atoms with van der Waals surface area (Å²) in [7, 11) is 2.14. The van der Waals surface area contributed by atoms with Crippen LogP contribution in [0.1, 0.15) is 42.5 Å². The number of anilines is 1. The first-order valence-corrected chi connectivity index (χ1v) is 11.0. The standard InChI is InChI=1S/C23H30ClN7O/c1-23(2,3)16-31(21-19(24)14-26-20(13-25)27-21)28-22(32)18-7-5-17(6-8-18)15-30-11-9-29(4)10-12-30/h5-8,14H,9-12,15-16H2,1-4H3,(H,28,32). The van der Waals surface area contributed by atoms with Gasteiger partial charge in [-0.05, 0) is 30.2 Å². The summed E-state index contributed by atoms with van der Waals surface area (Å²) in [6.45, 7) is 11.7.